The van der Waals surface area contributed by atoms with Crippen molar-refractivity contribution in [1.82, 2.24) is 0 Å². The first-order valence-corrected chi connectivity index (χ1v) is 7.68. The zero-order valence-electron chi connectivity index (χ0n) is 9.23. The van der Waals surface area contributed by atoms with Gasteiger partial charge in [-0.05, 0) is 6.92 Å². The molecule has 102 valence electrons. The van der Waals surface area contributed by atoms with Gasteiger partial charge in [0.2, 0.25) is 0 Å². The number of ether oxygens (including phenoxy) is 1. The van der Waals surface area contributed by atoms with E-state index >= 15 is 0 Å². The van der Waals surface area contributed by atoms with E-state index in [4.69, 9.17) is 9.11 Å². The van der Waals surface area contributed by atoms with E-state index in [1.54, 1.807) is 0 Å². The summed E-state index contributed by atoms with van der Waals surface area (Å²) >= 11 is 0. The van der Waals surface area contributed by atoms with Crippen LogP contribution < -0.4 is 0 Å². The van der Waals surface area contributed by atoms with Crippen LogP contribution in [-0.2, 0) is 29.8 Å². The Kier molecular flexibility index (Phi) is 5.52. The van der Waals surface area contributed by atoms with Crippen molar-refractivity contribution in [3.8, 4) is 0 Å². The Morgan fingerprint density at radius 2 is 1.71 bits per heavy atom. The van der Waals surface area contributed by atoms with E-state index in [0.717, 1.165) is 6.92 Å². The molecule has 0 rings (SSSR count). The predicted octanol–water partition coefficient (Wildman–Crippen LogP) is -0.670. The summed E-state index contributed by atoms with van der Waals surface area (Å²) in [6, 6.07) is 0. The van der Waals surface area contributed by atoms with Gasteiger partial charge in [-0.1, -0.05) is 6.92 Å². The lowest BCUT2D eigenvalue weighted by atomic mass is 10.1. The maximum atomic E-state index is 11.2. The van der Waals surface area contributed by atoms with Crippen LogP contribution in [0.1, 0.15) is 13.8 Å². The number of hydrogen-bond donors (Lipinski definition) is 2. The molecule has 2 unspecified atom stereocenters. The number of hydrogen-bond acceptors (Lipinski definition) is 6. The molecule has 17 heavy (non-hydrogen) atoms. The Morgan fingerprint density at radius 3 is 2.00 bits per heavy atom. The van der Waals surface area contributed by atoms with Crippen LogP contribution in [0.5, 0.6) is 0 Å². The van der Waals surface area contributed by atoms with Crippen LogP contribution in [0.25, 0.3) is 0 Å². The highest BCUT2D eigenvalue weighted by molar-refractivity contribution is 7.90. The number of carbonyl (C=O) groups excluding carboxylic acids is 1. The first kappa shape index (κ1) is 16.3. The van der Waals surface area contributed by atoms with Gasteiger partial charge in [-0.2, -0.15) is 16.8 Å². The van der Waals surface area contributed by atoms with Gasteiger partial charge < -0.3 is 4.74 Å². The fourth-order valence-corrected chi connectivity index (χ4v) is 3.66. The standard InChI is InChI=1S/C7H14O8S2/c1-3-15-7(8)5(2)6(17(12,13)14)4-16(9,10)11/h5-6H,3-4H2,1-2H3,(H,9,10,11)(H,12,13,14). The highest BCUT2D eigenvalue weighted by atomic mass is 32.2. The van der Waals surface area contributed by atoms with Gasteiger partial charge in [-0.15, -0.1) is 0 Å². The molecule has 0 aliphatic carbocycles. The number of esters is 1. The van der Waals surface area contributed by atoms with Crippen LogP contribution in [0.15, 0.2) is 0 Å². The molecule has 8 nitrogen and oxygen atoms in total. The molecule has 0 aliphatic rings. The van der Waals surface area contributed by atoms with Gasteiger partial charge in [0.05, 0.1) is 18.3 Å². The average molecular weight is 290 g/mol. The summed E-state index contributed by atoms with van der Waals surface area (Å²) in [6.45, 7) is 2.55. The average Bonchev–Trinajstić information content (AvgIpc) is 2.10. The molecule has 0 fully saturated rings. The van der Waals surface area contributed by atoms with Crippen molar-refractivity contribution in [2.24, 2.45) is 5.92 Å². The lowest BCUT2D eigenvalue weighted by molar-refractivity contribution is -0.147. The number of carbonyl (C=O) groups is 1. The Balaban J connectivity index is 5.15. The van der Waals surface area contributed by atoms with Gasteiger partial charge in [0.15, 0.2) is 0 Å². The van der Waals surface area contributed by atoms with Crippen LogP contribution in [0.3, 0.4) is 0 Å². The maximum absolute atomic E-state index is 11.2. The molecule has 0 heterocycles. The topological polar surface area (TPSA) is 135 Å². The third-order valence-corrected chi connectivity index (χ3v) is 4.30. The van der Waals surface area contributed by atoms with Crippen molar-refractivity contribution in [3.05, 3.63) is 0 Å². The second kappa shape index (κ2) is 5.76. The van der Waals surface area contributed by atoms with Gasteiger partial charge in [0.25, 0.3) is 20.2 Å². The maximum Gasteiger partial charge on any atom is 0.310 e. The molecule has 0 saturated heterocycles. The van der Waals surface area contributed by atoms with Gasteiger partial charge in [0, 0.05) is 0 Å². The number of rotatable bonds is 6. The predicted molar refractivity (Wildman–Crippen MR) is 57.5 cm³/mol. The van der Waals surface area contributed by atoms with E-state index in [1.165, 1.54) is 6.92 Å². The summed E-state index contributed by atoms with van der Waals surface area (Å²) < 4.78 is 64.9. The summed E-state index contributed by atoms with van der Waals surface area (Å²) in [7, 11) is -9.45. The van der Waals surface area contributed by atoms with E-state index in [0.29, 0.717) is 0 Å². The fraction of sp³-hybridized carbons (Fsp3) is 0.857. The van der Waals surface area contributed by atoms with E-state index in [-0.39, 0.29) is 6.61 Å². The third kappa shape index (κ3) is 5.96. The van der Waals surface area contributed by atoms with Crippen molar-refractivity contribution >= 4 is 26.2 Å². The minimum Gasteiger partial charge on any atom is -0.466 e. The molecule has 2 N–H and O–H groups in total. The molecule has 0 spiro atoms. The zero-order chi connectivity index (χ0) is 13.9. The molecule has 10 heteroatoms. The molecule has 2 atom stereocenters. The second-order valence-corrected chi connectivity index (χ2v) is 6.48. The first-order valence-electron chi connectivity index (χ1n) is 4.57. The van der Waals surface area contributed by atoms with Crippen LogP contribution in [-0.4, -0.2) is 49.5 Å². The molecule has 0 bridgehead atoms. The second-order valence-electron chi connectivity index (χ2n) is 3.34. The lowest BCUT2D eigenvalue weighted by Gasteiger charge is -2.18. The summed E-state index contributed by atoms with van der Waals surface area (Å²) in [5, 5.41) is -1.96. The van der Waals surface area contributed by atoms with Gasteiger partial charge in [-0.3, -0.25) is 13.9 Å². The summed E-state index contributed by atoms with van der Waals surface area (Å²) in [5.74, 6) is -3.66. The monoisotopic (exact) mass is 290 g/mol. The Labute approximate surface area is 99.5 Å². The van der Waals surface area contributed by atoms with Crippen LogP contribution in [0.2, 0.25) is 0 Å². The SMILES string of the molecule is CCOC(=O)C(C)C(CS(=O)(=O)O)S(=O)(=O)O. The van der Waals surface area contributed by atoms with Crippen molar-refractivity contribution in [3.63, 3.8) is 0 Å². The van der Waals surface area contributed by atoms with Crippen LogP contribution in [0, 0.1) is 5.92 Å². The summed E-state index contributed by atoms with van der Waals surface area (Å²) in [6.07, 6.45) is 0. The van der Waals surface area contributed by atoms with Crippen molar-refractivity contribution in [2.45, 2.75) is 19.1 Å². The van der Waals surface area contributed by atoms with Crippen molar-refractivity contribution < 1.29 is 35.5 Å². The molecule has 0 aromatic rings. The van der Waals surface area contributed by atoms with E-state index in [1.807, 2.05) is 0 Å². The molecular formula is C7H14O8S2. The fourth-order valence-electron chi connectivity index (χ4n) is 1.12. The summed E-state index contributed by atoms with van der Waals surface area (Å²) in [4.78, 5) is 11.2. The van der Waals surface area contributed by atoms with Gasteiger partial charge in [-0.25, -0.2) is 0 Å². The zero-order valence-corrected chi connectivity index (χ0v) is 10.9. The molecular weight excluding hydrogens is 276 g/mol. The van der Waals surface area contributed by atoms with Crippen LogP contribution >= 0.6 is 0 Å². The molecule has 0 aromatic carbocycles. The smallest absolute Gasteiger partial charge is 0.310 e. The molecule has 0 amide bonds. The van der Waals surface area contributed by atoms with Crippen LogP contribution in [0.4, 0.5) is 0 Å². The molecule has 0 saturated carbocycles. The van der Waals surface area contributed by atoms with Gasteiger partial charge in [0.1, 0.15) is 5.25 Å². The molecule has 0 radical (unpaired) electrons. The van der Waals surface area contributed by atoms with E-state index in [2.05, 4.69) is 4.74 Å². The summed E-state index contributed by atoms with van der Waals surface area (Å²) in [5.41, 5.74) is 0. The highest BCUT2D eigenvalue weighted by Crippen LogP contribution is 2.15. The van der Waals surface area contributed by atoms with E-state index < -0.39 is 43.1 Å². The minimum atomic E-state index is -4.80. The highest BCUT2D eigenvalue weighted by Gasteiger charge is 2.38. The van der Waals surface area contributed by atoms with Gasteiger partial charge >= 0.3 is 5.97 Å². The third-order valence-electron chi connectivity index (χ3n) is 1.97. The molecule has 0 aliphatic heterocycles. The van der Waals surface area contributed by atoms with Crippen molar-refractivity contribution in [1.29, 1.82) is 0 Å². The molecule has 0 aromatic heterocycles. The lowest BCUT2D eigenvalue weighted by Crippen LogP contribution is -2.39. The Bertz CT molecular complexity index is 462. The van der Waals surface area contributed by atoms with Crippen molar-refractivity contribution in [2.75, 3.05) is 12.4 Å². The quantitative estimate of drug-likeness (QED) is 0.485. The van der Waals surface area contributed by atoms with E-state index in [9.17, 15) is 21.6 Å². The Morgan fingerprint density at radius 1 is 1.24 bits per heavy atom. The first-order chi connectivity index (χ1) is 7.49. The Hall–Kier alpha value is -0.710. The normalized spacial score (nSPS) is 16.2. The largest absolute Gasteiger partial charge is 0.466 e. The minimum absolute atomic E-state index is 0.0206.